The van der Waals surface area contributed by atoms with Gasteiger partial charge in [0, 0.05) is 51.9 Å². The van der Waals surface area contributed by atoms with E-state index in [-0.39, 0.29) is 5.91 Å². The molecule has 0 bridgehead atoms. The number of piperazine rings is 1. The van der Waals surface area contributed by atoms with Gasteiger partial charge >= 0.3 is 0 Å². The molecular weight excluding hydrogens is 314 g/mol. The molecule has 1 amide bonds. The molecule has 3 heterocycles. The smallest absolute Gasteiger partial charge is 0.219 e. The van der Waals surface area contributed by atoms with E-state index in [2.05, 4.69) is 26.6 Å². The number of nitrogens with zero attached hydrogens (tertiary/aromatic N) is 5. The number of hydrogen-bond donors (Lipinski definition) is 0. The molecule has 3 aromatic rings. The summed E-state index contributed by atoms with van der Waals surface area (Å²) in [7, 11) is 2.04. The van der Waals surface area contributed by atoms with Gasteiger partial charge in [-0.2, -0.15) is 0 Å². The Kier molecular flexibility index (Phi) is 3.87. The van der Waals surface area contributed by atoms with E-state index in [4.69, 9.17) is 4.98 Å². The van der Waals surface area contributed by atoms with Crippen molar-refractivity contribution in [3.8, 4) is 11.4 Å². The first-order chi connectivity index (χ1) is 12.1. The van der Waals surface area contributed by atoms with Crippen LogP contribution >= 0.6 is 0 Å². The van der Waals surface area contributed by atoms with Crippen LogP contribution in [0.1, 0.15) is 6.92 Å². The highest BCUT2D eigenvalue weighted by Crippen LogP contribution is 2.26. The predicted octanol–water partition coefficient (Wildman–Crippen LogP) is 2.30. The Morgan fingerprint density at radius 2 is 1.84 bits per heavy atom. The Hall–Kier alpha value is -2.89. The summed E-state index contributed by atoms with van der Waals surface area (Å²) in [6, 6.07) is 12.2. The average Bonchev–Trinajstić information content (AvgIpc) is 2.99. The first kappa shape index (κ1) is 15.6. The van der Waals surface area contributed by atoms with Crippen LogP contribution in [0.15, 0.2) is 42.6 Å². The van der Waals surface area contributed by atoms with Crippen LogP contribution in [0.5, 0.6) is 0 Å². The predicted molar refractivity (Wildman–Crippen MR) is 98.4 cm³/mol. The van der Waals surface area contributed by atoms with Crippen molar-refractivity contribution in [3.05, 3.63) is 42.6 Å². The highest BCUT2D eigenvalue weighted by atomic mass is 16.2. The Morgan fingerprint density at radius 1 is 1.08 bits per heavy atom. The molecule has 6 nitrogen and oxygen atoms in total. The molecule has 25 heavy (non-hydrogen) atoms. The number of pyridine rings is 1. The standard InChI is InChI=1S/C19H21N5O/c1-14(25)23-9-11-24(12-10-23)18-13-15(7-8-20-18)19-21-16-5-3-4-6-17(16)22(19)2/h3-8,13H,9-12H2,1-2H3. The van der Waals surface area contributed by atoms with Gasteiger partial charge in [-0.25, -0.2) is 9.97 Å². The number of carbonyl (C=O) groups excluding carboxylic acids is 1. The summed E-state index contributed by atoms with van der Waals surface area (Å²) in [6.45, 7) is 4.72. The van der Waals surface area contributed by atoms with Gasteiger partial charge in [-0.05, 0) is 24.3 Å². The molecule has 6 heteroatoms. The number of benzene rings is 1. The number of aromatic nitrogens is 3. The summed E-state index contributed by atoms with van der Waals surface area (Å²) < 4.78 is 2.11. The van der Waals surface area contributed by atoms with Crippen LogP contribution in [0.2, 0.25) is 0 Å². The molecular formula is C19H21N5O. The SMILES string of the molecule is CC(=O)N1CCN(c2cc(-c3nc4ccccc4n3C)ccn2)CC1. The second kappa shape index (κ2) is 6.20. The molecule has 0 radical (unpaired) electrons. The highest BCUT2D eigenvalue weighted by Gasteiger charge is 2.20. The van der Waals surface area contributed by atoms with Crippen molar-refractivity contribution >= 4 is 22.8 Å². The zero-order valence-electron chi connectivity index (χ0n) is 14.5. The molecule has 1 fully saturated rings. The van der Waals surface area contributed by atoms with Crippen LogP contribution in [0.25, 0.3) is 22.4 Å². The van der Waals surface area contributed by atoms with Crippen LogP contribution in [0.4, 0.5) is 5.82 Å². The fraction of sp³-hybridized carbons (Fsp3) is 0.316. The van der Waals surface area contributed by atoms with Gasteiger partial charge in [-0.15, -0.1) is 0 Å². The van der Waals surface area contributed by atoms with Crippen molar-refractivity contribution in [3.63, 3.8) is 0 Å². The minimum atomic E-state index is 0.140. The second-order valence-electron chi connectivity index (χ2n) is 6.38. The van der Waals surface area contributed by atoms with E-state index in [0.29, 0.717) is 0 Å². The van der Waals surface area contributed by atoms with Crippen molar-refractivity contribution in [2.75, 3.05) is 31.1 Å². The maximum atomic E-state index is 11.5. The molecule has 1 aliphatic rings. The van der Waals surface area contributed by atoms with E-state index >= 15 is 0 Å². The number of hydrogen-bond acceptors (Lipinski definition) is 4. The van der Waals surface area contributed by atoms with Crippen molar-refractivity contribution in [2.45, 2.75) is 6.92 Å². The minimum Gasteiger partial charge on any atom is -0.353 e. The second-order valence-corrected chi connectivity index (χ2v) is 6.38. The van der Waals surface area contributed by atoms with Crippen LogP contribution in [0.3, 0.4) is 0 Å². The molecule has 1 aliphatic heterocycles. The molecule has 1 aromatic carbocycles. The third-order valence-corrected chi connectivity index (χ3v) is 4.84. The molecule has 2 aromatic heterocycles. The third-order valence-electron chi connectivity index (χ3n) is 4.84. The van der Waals surface area contributed by atoms with Gasteiger partial charge in [0.1, 0.15) is 11.6 Å². The normalized spacial score (nSPS) is 15.0. The van der Waals surface area contributed by atoms with Gasteiger partial charge in [0.05, 0.1) is 11.0 Å². The Labute approximate surface area is 146 Å². The van der Waals surface area contributed by atoms with Crippen LogP contribution in [0, 0.1) is 0 Å². The lowest BCUT2D eigenvalue weighted by Crippen LogP contribution is -2.48. The van der Waals surface area contributed by atoms with Gasteiger partial charge in [0.2, 0.25) is 5.91 Å². The van der Waals surface area contributed by atoms with Crippen LogP contribution < -0.4 is 4.90 Å². The van der Waals surface area contributed by atoms with Crippen molar-refractivity contribution < 1.29 is 4.79 Å². The number of carbonyl (C=O) groups is 1. The third kappa shape index (κ3) is 2.84. The van der Waals surface area contributed by atoms with Gasteiger partial charge in [-0.1, -0.05) is 12.1 Å². The summed E-state index contributed by atoms with van der Waals surface area (Å²) in [5, 5.41) is 0. The first-order valence-electron chi connectivity index (χ1n) is 8.52. The molecule has 0 unspecified atom stereocenters. The highest BCUT2D eigenvalue weighted by molar-refractivity contribution is 5.80. The molecule has 0 spiro atoms. The molecule has 0 aliphatic carbocycles. The lowest BCUT2D eigenvalue weighted by Gasteiger charge is -2.35. The lowest BCUT2D eigenvalue weighted by atomic mass is 10.2. The zero-order chi connectivity index (χ0) is 17.4. The Bertz CT molecular complexity index is 924. The summed E-state index contributed by atoms with van der Waals surface area (Å²) in [4.78, 5) is 24.9. The molecule has 0 atom stereocenters. The summed E-state index contributed by atoms with van der Waals surface area (Å²) in [6.07, 6.45) is 1.83. The van der Waals surface area contributed by atoms with Crippen molar-refractivity contribution in [1.82, 2.24) is 19.4 Å². The number of fused-ring (bicyclic) bond motifs is 1. The van der Waals surface area contributed by atoms with Gasteiger partial charge < -0.3 is 14.4 Å². The van der Waals surface area contributed by atoms with Crippen molar-refractivity contribution in [2.24, 2.45) is 7.05 Å². The van der Waals surface area contributed by atoms with E-state index in [1.54, 1.807) is 6.92 Å². The number of amides is 1. The maximum absolute atomic E-state index is 11.5. The number of rotatable bonds is 2. The number of aryl methyl sites for hydroxylation is 1. The van der Waals surface area contributed by atoms with Crippen LogP contribution in [-0.2, 0) is 11.8 Å². The number of anilines is 1. The van der Waals surface area contributed by atoms with Gasteiger partial charge in [0.15, 0.2) is 0 Å². The fourth-order valence-corrected chi connectivity index (χ4v) is 3.38. The summed E-state index contributed by atoms with van der Waals surface area (Å²) in [5.74, 6) is 2.01. The van der Waals surface area contributed by atoms with Gasteiger partial charge in [0.25, 0.3) is 0 Å². The number of imidazole rings is 1. The molecule has 1 saturated heterocycles. The van der Waals surface area contributed by atoms with E-state index in [0.717, 1.165) is 54.4 Å². The summed E-state index contributed by atoms with van der Waals surface area (Å²) >= 11 is 0. The monoisotopic (exact) mass is 335 g/mol. The minimum absolute atomic E-state index is 0.140. The lowest BCUT2D eigenvalue weighted by molar-refractivity contribution is -0.129. The maximum Gasteiger partial charge on any atom is 0.219 e. The number of para-hydroxylation sites is 2. The van der Waals surface area contributed by atoms with Crippen molar-refractivity contribution in [1.29, 1.82) is 0 Å². The Balaban J connectivity index is 1.63. The zero-order valence-corrected chi connectivity index (χ0v) is 14.5. The van der Waals surface area contributed by atoms with E-state index in [9.17, 15) is 4.79 Å². The van der Waals surface area contributed by atoms with E-state index in [1.165, 1.54) is 0 Å². The fourth-order valence-electron chi connectivity index (χ4n) is 3.38. The quantitative estimate of drug-likeness (QED) is 0.721. The first-order valence-corrected chi connectivity index (χ1v) is 8.52. The van der Waals surface area contributed by atoms with Gasteiger partial charge in [-0.3, -0.25) is 4.79 Å². The molecule has 4 rings (SSSR count). The average molecular weight is 335 g/mol. The topological polar surface area (TPSA) is 54.3 Å². The van der Waals surface area contributed by atoms with E-state index < -0.39 is 0 Å². The molecule has 0 saturated carbocycles. The summed E-state index contributed by atoms with van der Waals surface area (Å²) in [5.41, 5.74) is 3.16. The Morgan fingerprint density at radius 3 is 2.56 bits per heavy atom. The molecule has 0 N–H and O–H groups in total. The largest absolute Gasteiger partial charge is 0.353 e. The molecule has 128 valence electrons. The van der Waals surface area contributed by atoms with E-state index in [1.807, 2.05) is 42.4 Å². The van der Waals surface area contributed by atoms with Crippen LogP contribution in [-0.4, -0.2) is 51.5 Å².